The number of halogens is 3. The molecule has 6 aliphatic rings. The summed E-state index contributed by atoms with van der Waals surface area (Å²) in [6.07, 6.45) is 6.01. The molecule has 548 valence electrons. The number of fused-ring (bicyclic) bond motifs is 9. The van der Waals surface area contributed by atoms with Gasteiger partial charge in [0.1, 0.15) is 50.6 Å². The number of aryl methyl sites for hydroxylation is 6. The molecule has 105 heavy (non-hydrogen) atoms. The molecule has 12 heterocycles. The van der Waals surface area contributed by atoms with Crippen molar-refractivity contribution >= 4 is 110 Å². The monoisotopic (exact) mass is 1530 g/mol. The number of nitrogens with zero attached hydrogens (tertiary/aromatic N) is 16. The van der Waals surface area contributed by atoms with E-state index in [9.17, 15) is 14.4 Å². The molecule has 6 aromatic heterocycles. The molecule has 9 aromatic rings. The Morgan fingerprint density at radius 2 is 0.810 bits per heavy atom. The molecular weight excluding hydrogens is 1450 g/mol. The number of piperazine rings is 1. The number of likely N-dealkylation sites (N-methyl/N-ethyl adjacent to an activating group) is 1. The van der Waals surface area contributed by atoms with Gasteiger partial charge in [-0.15, -0.1) is 64.6 Å². The lowest BCUT2D eigenvalue weighted by atomic mass is 9.99. The van der Waals surface area contributed by atoms with E-state index in [1.54, 1.807) is 34.0 Å². The molecule has 15 rings (SSSR count). The first-order valence-corrected chi connectivity index (χ1v) is 39.0. The van der Waals surface area contributed by atoms with E-state index >= 15 is 0 Å². The van der Waals surface area contributed by atoms with Crippen LogP contribution in [-0.2, 0) is 19.1 Å². The van der Waals surface area contributed by atoms with Gasteiger partial charge in [0.05, 0.1) is 49.6 Å². The van der Waals surface area contributed by atoms with Crippen LogP contribution in [0.5, 0.6) is 0 Å². The van der Waals surface area contributed by atoms with Crippen LogP contribution in [0, 0.1) is 62.3 Å². The van der Waals surface area contributed by atoms with Gasteiger partial charge in [0.25, 0.3) is 0 Å². The highest BCUT2D eigenvalue weighted by Gasteiger charge is 2.37. The van der Waals surface area contributed by atoms with Crippen molar-refractivity contribution in [1.29, 1.82) is 0 Å². The number of hydrogen-bond acceptors (Lipinski definition) is 20. The van der Waals surface area contributed by atoms with Gasteiger partial charge in [0, 0.05) is 154 Å². The molecule has 2 fully saturated rings. The number of benzene rings is 3. The number of hydrogen-bond donors (Lipinski definition) is 3. The van der Waals surface area contributed by atoms with E-state index in [1.165, 1.54) is 36.9 Å². The van der Waals surface area contributed by atoms with E-state index in [0.29, 0.717) is 52.2 Å². The molecule has 3 atom stereocenters. The lowest BCUT2D eigenvalue weighted by Gasteiger charge is -2.32. The SMILES string of the molecule is Cc1sc2c(c1C)C(c1ccc(Cl)cc1)=N[C@@H](CC(=O)NCCC1=CN=CC1)c1nnc(C)n1-2.Cc1sc2c(c1C)C(c1ccc(Cl)cc1)=N[C@@H](CC(=O)NCCN1CCN(C)CC1)c1nnc(C)n1-2.Cc1sc2c(c1C)C(c1ccc(Cl)cc1)=N[C@@H](CC(=O)NCCN1CCOCC1)c1nnc(C)n1-2. The smallest absolute Gasteiger partial charge is 0.222 e. The van der Waals surface area contributed by atoms with Gasteiger partial charge >= 0.3 is 0 Å². The number of carbonyl (C=O) groups is 3. The summed E-state index contributed by atoms with van der Waals surface area (Å²) >= 11 is 23.6. The van der Waals surface area contributed by atoms with Crippen LogP contribution in [0.3, 0.4) is 0 Å². The molecule has 6 aliphatic heterocycles. The van der Waals surface area contributed by atoms with Crippen LogP contribution in [0.1, 0.15) is 150 Å². The normalized spacial score (nSPS) is 17.6. The largest absolute Gasteiger partial charge is 0.379 e. The fourth-order valence-electron chi connectivity index (χ4n) is 13.7. The molecule has 3 aromatic carbocycles. The van der Waals surface area contributed by atoms with E-state index in [0.717, 1.165) is 161 Å². The van der Waals surface area contributed by atoms with Crippen LogP contribution in [0.25, 0.3) is 15.0 Å². The molecular formula is C76H86Cl3N19O4S3. The molecule has 0 radical (unpaired) electrons. The first-order valence-electron chi connectivity index (χ1n) is 35.5. The molecule has 0 aliphatic carbocycles. The minimum atomic E-state index is -0.458. The maximum atomic E-state index is 13.1. The first kappa shape index (κ1) is 75.0. The Balaban J connectivity index is 0.000000140. The van der Waals surface area contributed by atoms with Gasteiger partial charge in [0.2, 0.25) is 17.7 Å². The van der Waals surface area contributed by atoms with E-state index in [-0.39, 0.29) is 37.0 Å². The second-order valence-electron chi connectivity index (χ2n) is 27.0. The second-order valence-corrected chi connectivity index (χ2v) is 32.0. The maximum absolute atomic E-state index is 13.1. The van der Waals surface area contributed by atoms with Crippen molar-refractivity contribution in [2.45, 2.75) is 113 Å². The standard InChI is InChI=1S/C26H32ClN7OS.C25H29ClN6O2S.C25H25ClN6OS/c1-16-17(2)36-26-23(16)24(19-5-7-20(27)8-6-19)29-21(25-31-30-18(3)34(25)26)15-22(35)28-9-10-33-13-11-32(4)12-14-33;1-15-16(2)35-25-22(15)23(18-4-6-19(26)7-5-18)28-20(24-30-29-17(3)32(24)25)14-21(33)27-8-9-31-10-12-34-13-11-31;1-14-15(2)34-25-22(14)23(18-4-6-19(26)7-5-18)29-20(24-31-30-16(3)32(24)25)12-21(33)28-11-9-17-8-10-27-13-17/h5-8,21H,9-15H2,1-4H3,(H,28,35);4-7,20H,8-14H2,1-3H3,(H,27,33);4-7,10,13,20H,8-9,11-12H2,1-3H3,(H,28,33)/t21-;2*20-/m000/s1. The Morgan fingerprint density at radius 1 is 0.467 bits per heavy atom. The summed E-state index contributed by atoms with van der Waals surface area (Å²) in [5.41, 5.74) is 13.4. The van der Waals surface area contributed by atoms with Crippen LogP contribution in [-0.4, -0.2) is 192 Å². The molecule has 29 heteroatoms. The number of aromatic nitrogens is 9. The minimum Gasteiger partial charge on any atom is -0.379 e. The number of rotatable bonds is 18. The van der Waals surface area contributed by atoms with Crippen molar-refractivity contribution in [2.75, 3.05) is 92.3 Å². The Hall–Kier alpha value is -8.28. The Bertz CT molecular complexity index is 4850. The molecule has 23 nitrogen and oxygen atoms in total. The number of nitrogens with one attached hydrogen (secondary N) is 3. The lowest BCUT2D eigenvalue weighted by Crippen LogP contribution is -2.47. The van der Waals surface area contributed by atoms with Crippen LogP contribution < -0.4 is 16.0 Å². The summed E-state index contributed by atoms with van der Waals surface area (Å²) in [7, 11) is 2.15. The maximum Gasteiger partial charge on any atom is 0.222 e. The summed E-state index contributed by atoms with van der Waals surface area (Å²) in [4.78, 5) is 69.3. The van der Waals surface area contributed by atoms with Crippen LogP contribution >= 0.6 is 68.8 Å². The third kappa shape index (κ3) is 16.8. The summed E-state index contributed by atoms with van der Waals surface area (Å²) in [5, 5.41) is 40.8. The Labute approximate surface area is 638 Å². The van der Waals surface area contributed by atoms with Gasteiger partial charge in [-0.2, -0.15) is 0 Å². The molecule has 0 bridgehead atoms. The van der Waals surface area contributed by atoms with Gasteiger partial charge in [0.15, 0.2) is 17.5 Å². The summed E-state index contributed by atoms with van der Waals surface area (Å²) in [5.74, 6) is 4.30. The Morgan fingerprint density at radius 3 is 1.15 bits per heavy atom. The van der Waals surface area contributed by atoms with Crippen molar-refractivity contribution in [3.63, 3.8) is 0 Å². The highest BCUT2D eigenvalue weighted by molar-refractivity contribution is 7.15. The quantitative estimate of drug-likeness (QED) is 0.0724. The predicted molar refractivity (Wildman–Crippen MR) is 420 cm³/mol. The topological polar surface area (TPSA) is 248 Å². The van der Waals surface area contributed by atoms with E-state index < -0.39 is 18.1 Å². The average molecular weight is 1530 g/mol. The van der Waals surface area contributed by atoms with Gasteiger partial charge in [-0.05, 0) is 134 Å². The molecule has 3 amide bonds. The number of aliphatic imine (C=N–C) groups is 4. The van der Waals surface area contributed by atoms with E-state index in [2.05, 4.69) is 129 Å². The molecule has 0 saturated carbocycles. The number of morpholine rings is 1. The third-order valence-electron chi connectivity index (χ3n) is 19.9. The predicted octanol–water partition coefficient (Wildman–Crippen LogP) is 12.2. The Kier molecular flexibility index (Phi) is 23.7. The fourth-order valence-corrected chi connectivity index (χ4v) is 17.7. The van der Waals surface area contributed by atoms with Crippen molar-refractivity contribution in [3.05, 3.63) is 199 Å². The van der Waals surface area contributed by atoms with Crippen molar-refractivity contribution in [3.8, 4) is 15.0 Å². The van der Waals surface area contributed by atoms with E-state index in [4.69, 9.17) is 54.5 Å². The van der Waals surface area contributed by atoms with E-state index in [1.807, 2.05) is 106 Å². The summed E-state index contributed by atoms with van der Waals surface area (Å²) in [6, 6.07) is 21.8. The fraction of sp³-hybridized carbons (Fsp3) is 0.408. The number of thiophene rings is 3. The molecule has 3 N–H and O–H groups in total. The summed E-state index contributed by atoms with van der Waals surface area (Å²) < 4.78 is 11.6. The molecule has 2 saturated heterocycles. The zero-order valence-corrected chi connectivity index (χ0v) is 65.4. The zero-order valence-electron chi connectivity index (χ0n) is 60.7. The molecule has 0 spiro atoms. The second kappa shape index (κ2) is 33.2. The molecule has 0 unspecified atom stereocenters. The van der Waals surface area contributed by atoms with Crippen LogP contribution in [0.4, 0.5) is 0 Å². The highest BCUT2D eigenvalue weighted by atomic mass is 35.5. The average Bonchev–Trinajstić information content (AvgIpc) is 1.61. The summed E-state index contributed by atoms with van der Waals surface area (Å²) in [6.45, 7) is 29.5. The van der Waals surface area contributed by atoms with Gasteiger partial charge in [-0.25, -0.2) is 0 Å². The van der Waals surface area contributed by atoms with Gasteiger partial charge < -0.3 is 25.6 Å². The van der Waals surface area contributed by atoms with Crippen LogP contribution in [0.15, 0.2) is 105 Å². The third-order valence-corrected chi connectivity index (χ3v) is 24.2. The van der Waals surface area contributed by atoms with Gasteiger partial charge in [-0.1, -0.05) is 71.2 Å². The van der Waals surface area contributed by atoms with Crippen molar-refractivity contribution in [1.82, 2.24) is 74.9 Å². The van der Waals surface area contributed by atoms with Crippen molar-refractivity contribution < 1.29 is 19.1 Å². The van der Waals surface area contributed by atoms with Crippen LogP contribution in [0.2, 0.25) is 15.1 Å². The first-order chi connectivity index (χ1) is 50.7. The number of ether oxygens (including phenoxy) is 1. The highest BCUT2D eigenvalue weighted by Crippen LogP contribution is 2.43. The number of amides is 3. The lowest BCUT2D eigenvalue weighted by molar-refractivity contribution is -0.122. The van der Waals surface area contributed by atoms with Crippen molar-refractivity contribution in [2.24, 2.45) is 20.0 Å². The zero-order chi connectivity index (χ0) is 73.7. The van der Waals surface area contributed by atoms with Gasteiger partial charge in [-0.3, -0.25) is 57.9 Å². The number of carbonyl (C=O) groups excluding carboxylic acids is 3. The minimum absolute atomic E-state index is 0.0290.